The number of hydrogen-bond acceptors (Lipinski definition) is 2. The van der Waals surface area contributed by atoms with E-state index in [2.05, 4.69) is 26.1 Å². The molecule has 1 amide bonds. The van der Waals surface area contributed by atoms with Crippen molar-refractivity contribution < 1.29 is 9.18 Å². The third-order valence-electron chi connectivity index (χ3n) is 4.49. The average Bonchev–Trinajstić information content (AvgIpc) is 2.59. The number of likely N-dealkylation sites (tertiary alicyclic amines) is 1. The second kappa shape index (κ2) is 8.30. The number of anilines is 1. The first-order valence-electron chi connectivity index (χ1n) is 8.24. The Hall–Kier alpha value is -1.43. The zero-order valence-electron chi connectivity index (χ0n) is 13.6. The fraction of sp³-hybridized carbons (Fsp3) is 0.316. The molecule has 25 heavy (non-hydrogen) atoms. The van der Waals surface area contributed by atoms with Gasteiger partial charge in [0.1, 0.15) is 5.82 Å². The van der Waals surface area contributed by atoms with Crippen molar-refractivity contribution in [2.75, 3.05) is 18.4 Å². The Morgan fingerprint density at radius 3 is 2.64 bits per heavy atom. The maximum Gasteiger partial charge on any atom is 0.227 e. The number of rotatable bonds is 4. The monoisotopic (exact) mass is 424 g/mol. The molecular formula is C19H19BrClFN2O. The molecule has 0 saturated carbocycles. The van der Waals surface area contributed by atoms with Crippen molar-refractivity contribution in [3.63, 3.8) is 0 Å². The molecule has 1 N–H and O–H groups in total. The smallest absolute Gasteiger partial charge is 0.227 e. The first kappa shape index (κ1) is 18.4. The van der Waals surface area contributed by atoms with Crippen molar-refractivity contribution in [2.45, 2.75) is 19.4 Å². The summed E-state index contributed by atoms with van der Waals surface area (Å²) in [6.45, 7) is 1.98. The molecular weight excluding hydrogens is 407 g/mol. The van der Waals surface area contributed by atoms with Gasteiger partial charge in [-0.2, -0.15) is 0 Å². The van der Waals surface area contributed by atoms with Crippen LogP contribution in [0.2, 0.25) is 5.02 Å². The van der Waals surface area contributed by atoms with Crippen LogP contribution in [0.3, 0.4) is 0 Å². The van der Waals surface area contributed by atoms with Gasteiger partial charge in [-0.25, -0.2) is 4.39 Å². The van der Waals surface area contributed by atoms with E-state index in [1.54, 1.807) is 12.1 Å². The molecule has 0 bridgehead atoms. The Morgan fingerprint density at radius 2 is 1.96 bits per heavy atom. The van der Waals surface area contributed by atoms with Crippen molar-refractivity contribution in [3.05, 3.63) is 63.3 Å². The predicted octanol–water partition coefficient (Wildman–Crippen LogP) is 5.09. The van der Waals surface area contributed by atoms with Gasteiger partial charge in [-0.05, 0) is 56.3 Å². The minimum atomic E-state index is -0.276. The molecule has 3 rings (SSSR count). The fourth-order valence-electron chi connectivity index (χ4n) is 3.07. The summed E-state index contributed by atoms with van der Waals surface area (Å²) in [6.07, 6.45) is 1.51. The van der Waals surface area contributed by atoms with Gasteiger partial charge in [0.2, 0.25) is 5.91 Å². The van der Waals surface area contributed by atoms with E-state index in [-0.39, 0.29) is 17.6 Å². The minimum absolute atomic E-state index is 0.0219. The predicted molar refractivity (Wildman–Crippen MR) is 102 cm³/mol. The number of carbonyl (C=O) groups is 1. The molecule has 3 nitrogen and oxygen atoms in total. The normalized spacial score (nSPS) is 16.0. The van der Waals surface area contributed by atoms with Gasteiger partial charge < -0.3 is 5.32 Å². The molecule has 0 unspecified atom stereocenters. The number of nitrogens with one attached hydrogen (secondary N) is 1. The zero-order valence-corrected chi connectivity index (χ0v) is 16.0. The minimum Gasteiger partial charge on any atom is -0.326 e. The molecule has 6 heteroatoms. The van der Waals surface area contributed by atoms with Crippen molar-refractivity contribution in [3.8, 4) is 0 Å². The standard InChI is InChI=1S/C19H19BrClFN2O/c20-14-3-1-4-15(11-14)23-19(25)13-7-9-24(10-8-13)12-16-17(21)5-2-6-18(16)22/h1-6,11,13H,7-10,12H2,(H,23,25). The van der Waals surface area contributed by atoms with Crippen molar-refractivity contribution in [1.82, 2.24) is 4.90 Å². The number of piperidine rings is 1. The summed E-state index contributed by atoms with van der Waals surface area (Å²) in [5.41, 5.74) is 1.32. The molecule has 1 heterocycles. The molecule has 0 radical (unpaired) electrons. The van der Waals surface area contributed by atoms with E-state index >= 15 is 0 Å². The molecule has 0 aromatic heterocycles. The van der Waals surface area contributed by atoms with Gasteiger partial charge in [-0.1, -0.05) is 39.7 Å². The van der Waals surface area contributed by atoms with Gasteiger partial charge >= 0.3 is 0 Å². The van der Waals surface area contributed by atoms with E-state index < -0.39 is 0 Å². The van der Waals surface area contributed by atoms with Gasteiger partial charge in [0.15, 0.2) is 0 Å². The summed E-state index contributed by atoms with van der Waals surface area (Å²) < 4.78 is 14.8. The second-order valence-corrected chi connectivity index (χ2v) is 7.57. The Labute approximate surface area is 160 Å². The number of amides is 1. The number of nitrogens with zero attached hydrogens (tertiary/aromatic N) is 1. The summed E-state index contributed by atoms with van der Waals surface area (Å²) in [5, 5.41) is 3.42. The average molecular weight is 426 g/mol. The van der Waals surface area contributed by atoms with Gasteiger partial charge in [-0.15, -0.1) is 0 Å². The maximum absolute atomic E-state index is 13.9. The molecule has 2 aromatic carbocycles. The first-order chi connectivity index (χ1) is 12.0. The van der Waals surface area contributed by atoms with Crippen molar-refractivity contribution >= 4 is 39.1 Å². The topological polar surface area (TPSA) is 32.3 Å². The molecule has 1 aliphatic rings. The van der Waals surface area contributed by atoms with Crippen LogP contribution in [0.1, 0.15) is 18.4 Å². The van der Waals surface area contributed by atoms with Crippen LogP contribution in [0.15, 0.2) is 46.9 Å². The molecule has 1 fully saturated rings. The van der Waals surface area contributed by atoms with Crippen molar-refractivity contribution in [1.29, 1.82) is 0 Å². The van der Waals surface area contributed by atoms with Gasteiger partial charge in [0.05, 0.1) is 0 Å². The largest absolute Gasteiger partial charge is 0.326 e. The summed E-state index contributed by atoms with van der Waals surface area (Å²) in [6, 6.07) is 12.3. The lowest BCUT2D eigenvalue weighted by atomic mass is 9.95. The van der Waals surface area contributed by atoms with Crippen LogP contribution in [0.5, 0.6) is 0 Å². The molecule has 1 saturated heterocycles. The van der Waals surface area contributed by atoms with Crippen LogP contribution in [-0.2, 0) is 11.3 Å². The Morgan fingerprint density at radius 1 is 1.24 bits per heavy atom. The van der Waals surface area contributed by atoms with Crippen LogP contribution in [-0.4, -0.2) is 23.9 Å². The van der Waals surface area contributed by atoms with Crippen LogP contribution >= 0.6 is 27.5 Å². The first-order valence-corrected chi connectivity index (χ1v) is 9.41. The van der Waals surface area contributed by atoms with Crippen LogP contribution in [0.25, 0.3) is 0 Å². The van der Waals surface area contributed by atoms with E-state index in [0.29, 0.717) is 17.1 Å². The number of halogens is 3. The van der Waals surface area contributed by atoms with Crippen LogP contribution < -0.4 is 5.32 Å². The summed E-state index contributed by atoms with van der Waals surface area (Å²) in [5.74, 6) is -0.255. The quantitative estimate of drug-likeness (QED) is 0.740. The third-order valence-corrected chi connectivity index (χ3v) is 5.34. The molecule has 132 valence electrons. The van der Waals surface area contributed by atoms with Gasteiger partial charge in [0, 0.05) is 33.2 Å². The van der Waals surface area contributed by atoms with E-state index in [9.17, 15) is 9.18 Å². The summed E-state index contributed by atoms with van der Waals surface area (Å²) in [7, 11) is 0. The summed E-state index contributed by atoms with van der Waals surface area (Å²) in [4.78, 5) is 14.6. The highest BCUT2D eigenvalue weighted by molar-refractivity contribution is 9.10. The SMILES string of the molecule is O=C(Nc1cccc(Br)c1)C1CCN(Cc2c(F)cccc2Cl)CC1. The molecule has 0 aliphatic carbocycles. The number of benzene rings is 2. The van der Waals surface area contributed by atoms with E-state index in [4.69, 9.17) is 11.6 Å². The van der Waals surface area contributed by atoms with Gasteiger partial charge in [-0.3, -0.25) is 9.69 Å². The highest BCUT2D eigenvalue weighted by Gasteiger charge is 2.26. The van der Waals surface area contributed by atoms with E-state index in [1.807, 2.05) is 24.3 Å². The molecule has 1 aliphatic heterocycles. The summed E-state index contributed by atoms with van der Waals surface area (Å²) >= 11 is 9.50. The third kappa shape index (κ3) is 4.81. The highest BCUT2D eigenvalue weighted by Crippen LogP contribution is 2.25. The van der Waals surface area contributed by atoms with Gasteiger partial charge in [0.25, 0.3) is 0 Å². The number of hydrogen-bond donors (Lipinski definition) is 1. The molecule has 0 spiro atoms. The lowest BCUT2D eigenvalue weighted by Crippen LogP contribution is -2.38. The Kier molecular flexibility index (Phi) is 6.10. The van der Waals surface area contributed by atoms with Crippen LogP contribution in [0.4, 0.5) is 10.1 Å². The lowest BCUT2D eigenvalue weighted by molar-refractivity contribution is -0.121. The highest BCUT2D eigenvalue weighted by atomic mass is 79.9. The Bertz CT molecular complexity index is 743. The van der Waals surface area contributed by atoms with Crippen molar-refractivity contribution in [2.24, 2.45) is 5.92 Å². The van der Waals surface area contributed by atoms with E-state index in [0.717, 1.165) is 36.1 Å². The van der Waals surface area contributed by atoms with E-state index in [1.165, 1.54) is 6.07 Å². The zero-order chi connectivity index (χ0) is 17.8. The molecule has 2 aromatic rings. The van der Waals surface area contributed by atoms with Crippen LogP contribution in [0, 0.1) is 11.7 Å². The maximum atomic E-state index is 13.9. The molecule has 0 atom stereocenters. The second-order valence-electron chi connectivity index (χ2n) is 6.25. The lowest BCUT2D eigenvalue weighted by Gasteiger charge is -2.31. The fourth-order valence-corrected chi connectivity index (χ4v) is 3.69. The Balaban J connectivity index is 1.54. The number of carbonyl (C=O) groups excluding carboxylic acids is 1.